The predicted molar refractivity (Wildman–Crippen MR) is 146 cm³/mol. The second-order valence-corrected chi connectivity index (χ2v) is 11.2. The molecule has 0 unspecified atom stereocenters. The maximum Gasteiger partial charge on any atom is 0.356 e. The van der Waals surface area contributed by atoms with E-state index in [9.17, 15) is 14.4 Å². The van der Waals surface area contributed by atoms with Crippen LogP contribution < -0.4 is 20.9 Å². The lowest BCUT2D eigenvalue weighted by Crippen LogP contribution is -2.34. The van der Waals surface area contributed by atoms with E-state index in [1.807, 2.05) is 18.3 Å². The fraction of sp³-hybridized carbons (Fsp3) is 0.207. The Bertz CT molecular complexity index is 1520. The van der Waals surface area contributed by atoms with E-state index >= 15 is 0 Å². The van der Waals surface area contributed by atoms with Crippen LogP contribution in [0.2, 0.25) is 0 Å². The molecule has 190 valence electrons. The van der Waals surface area contributed by atoms with E-state index in [1.54, 1.807) is 17.1 Å². The Labute approximate surface area is 216 Å². The third-order valence-corrected chi connectivity index (χ3v) is 7.69. The minimum Gasteiger partial charge on any atom is -0.489 e. The summed E-state index contributed by atoms with van der Waals surface area (Å²) in [5, 5.41) is 1.71. The summed E-state index contributed by atoms with van der Waals surface area (Å²) in [5.74, 6) is 7.80. The van der Waals surface area contributed by atoms with Crippen LogP contribution in [0.1, 0.15) is 33.4 Å². The Morgan fingerprint density at radius 3 is 2.59 bits per heavy atom. The molecule has 0 radical (unpaired) electrons. The van der Waals surface area contributed by atoms with Crippen LogP contribution in [0.15, 0.2) is 72.9 Å². The summed E-state index contributed by atoms with van der Waals surface area (Å²) in [6, 6.07) is 21.0. The van der Waals surface area contributed by atoms with Gasteiger partial charge in [-0.05, 0) is 90.4 Å². The Morgan fingerprint density at radius 1 is 0.973 bits per heavy atom. The third-order valence-electron chi connectivity index (χ3n) is 6.74. The lowest BCUT2D eigenvalue weighted by molar-refractivity contribution is 0.306. The molecule has 8 heteroatoms. The smallest absolute Gasteiger partial charge is 0.356 e. The molecule has 0 bridgehead atoms. The van der Waals surface area contributed by atoms with Crippen molar-refractivity contribution in [2.45, 2.75) is 39.8 Å². The molecule has 1 aliphatic rings. The average Bonchev–Trinajstić information content (AvgIpc) is 2.86. The number of anilines is 1. The van der Waals surface area contributed by atoms with Crippen LogP contribution in [0.25, 0.3) is 11.1 Å². The first-order chi connectivity index (χ1) is 17.7. The highest BCUT2D eigenvalue weighted by molar-refractivity contribution is 7.60. The minimum absolute atomic E-state index is 0.00503. The van der Waals surface area contributed by atoms with Gasteiger partial charge in [0.2, 0.25) is 0 Å². The normalized spacial score (nSPS) is 12.7. The van der Waals surface area contributed by atoms with Gasteiger partial charge in [0.05, 0.1) is 11.8 Å². The highest BCUT2D eigenvalue weighted by Gasteiger charge is 2.22. The number of aromatic nitrogens is 1. The third kappa shape index (κ3) is 5.60. The van der Waals surface area contributed by atoms with Gasteiger partial charge in [0.25, 0.3) is 0 Å². The zero-order valence-electron chi connectivity index (χ0n) is 20.9. The average molecular weight is 516 g/mol. The van der Waals surface area contributed by atoms with Crippen LogP contribution in [-0.2, 0) is 30.6 Å². The van der Waals surface area contributed by atoms with Gasteiger partial charge in [-0.25, -0.2) is 10.8 Å². The van der Waals surface area contributed by atoms with Crippen LogP contribution in [0.5, 0.6) is 5.75 Å². The molecule has 0 atom stereocenters. The van der Waals surface area contributed by atoms with E-state index in [0.717, 1.165) is 35.3 Å². The molecule has 37 heavy (non-hydrogen) atoms. The van der Waals surface area contributed by atoms with Crippen molar-refractivity contribution in [3.63, 3.8) is 0 Å². The summed E-state index contributed by atoms with van der Waals surface area (Å²) in [6.45, 7) is 5.03. The SMILES string of the molecule is Cc1ccc2c(c1)CN(N)c1ncc(CCc3ccc(OCc4cccc(P(=O)(O)O)c4)cc3C)cc1-2. The van der Waals surface area contributed by atoms with E-state index < -0.39 is 7.60 Å². The lowest BCUT2D eigenvalue weighted by atomic mass is 9.93. The van der Waals surface area contributed by atoms with Crippen molar-refractivity contribution in [2.24, 2.45) is 5.84 Å². The molecular weight excluding hydrogens is 485 g/mol. The molecule has 0 saturated carbocycles. The first kappa shape index (κ1) is 25.2. The van der Waals surface area contributed by atoms with Crippen LogP contribution in [0.4, 0.5) is 5.82 Å². The highest BCUT2D eigenvalue weighted by Crippen LogP contribution is 2.37. The van der Waals surface area contributed by atoms with Gasteiger partial charge in [0.15, 0.2) is 5.82 Å². The molecule has 2 heterocycles. The summed E-state index contributed by atoms with van der Waals surface area (Å²) < 4.78 is 17.4. The topological polar surface area (TPSA) is 109 Å². The van der Waals surface area contributed by atoms with Gasteiger partial charge in [0, 0.05) is 11.8 Å². The summed E-state index contributed by atoms with van der Waals surface area (Å²) in [6.07, 6.45) is 3.63. The molecule has 1 aromatic heterocycles. The van der Waals surface area contributed by atoms with E-state index in [1.165, 1.54) is 34.4 Å². The molecule has 7 nitrogen and oxygen atoms in total. The van der Waals surface area contributed by atoms with Gasteiger partial charge < -0.3 is 14.5 Å². The molecule has 5 rings (SSSR count). The molecule has 3 aromatic carbocycles. The van der Waals surface area contributed by atoms with E-state index in [0.29, 0.717) is 17.9 Å². The van der Waals surface area contributed by atoms with Crippen molar-refractivity contribution < 1.29 is 19.1 Å². The number of pyridine rings is 1. The number of benzene rings is 3. The fourth-order valence-corrected chi connectivity index (χ4v) is 5.37. The van der Waals surface area contributed by atoms with Crippen molar-refractivity contribution in [3.8, 4) is 16.9 Å². The van der Waals surface area contributed by atoms with Gasteiger partial charge in [-0.15, -0.1) is 0 Å². The maximum absolute atomic E-state index is 11.5. The van der Waals surface area contributed by atoms with Gasteiger partial charge in [-0.1, -0.05) is 42.0 Å². The number of fused-ring (bicyclic) bond motifs is 3. The molecule has 4 aromatic rings. The second-order valence-electron chi connectivity index (χ2n) is 9.59. The summed E-state index contributed by atoms with van der Waals surface area (Å²) in [5.41, 5.74) is 8.92. The number of aryl methyl sites for hydroxylation is 4. The molecular formula is C29H30N3O4P. The number of nitrogens with two attached hydrogens (primary N) is 1. The molecule has 0 aliphatic carbocycles. The molecule has 0 saturated heterocycles. The van der Waals surface area contributed by atoms with E-state index in [4.69, 9.17) is 10.6 Å². The molecule has 0 fully saturated rings. The number of rotatable bonds is 7. The zero-order chi connectivity index (χ0) is 26.2. The van der Waals surface area contributed by atoms with Crippen molar-refractivity contribution in [1.29, 1.82) is 0 Å². The van der Waals surface area contributed by atoms with Crippen LogP contribution in [0.3, 0.4) is 0 Å². The summed E-state index contributed by atoms with van der Waals surface area (Å²) in [4.78, 5) is 23.4. The Balaban J connectivity index is 1.26. The summed E-state index contributed by atoms with van der Waals surface area (Å²) >= 11 is 0. The second kappa shape index (κ2) is 10.1. The maximum atomic E-state index is 11.5. The Kier molecular flexibility index (Phi) is 6.88. The van der Waals surface area contributed by atoms with Gasteiger partial charge in [0.1, 0.15) is 12.4 Å². The standard InChI is InChI=1S/C29H30N3O4P/c1-19-6-11-27-24(12-19)17-32(30)29-28(27)15-21(16-31-29)7-8-23-9-10-25(13-20(23)2)36-18-22-4-3-5-26(14-22)37(33,34)35/h3-6,9-16H,7-8,17-18,30H2,1-2H3,(H2,33,34,35). The van der Waals surface area contributed by atoms with Crippen molar-refractivity contribution in [2.75, 3.05) is 5.01 Å². The fourth-order valence-electron chi connectivity index (χ4n) is 4.75. The van der Waals surface area contributed by atoms with Gasteiger partial charge >= 0.3 is 7.60 Å². The largest absolute Gasteiger partial charge is 0.489 e. The number of hydrogen-bond acceptors (Lipinski definition) is 5. The van der Waals surface area contributed by atoms with Crippen molar-refractivity contribution >= 4 is 18.7 Å². The molecule has 1 aliphatic heterocycles. The summed E-state index contributed by atoms with van der Waals surface area (Å²) in [7, 11) is -4.28. The number of hydrogen-bond donors (Lipinski definition) is 3. The van der Waals surface area contributed by atoms with Gasteiger partial charge in [-0.3, -0.25) is 9.57 Å². The number of hydrazine groups is 1. The van der Waals surface area contributed by atoms with E-state index in [2.05, 4.69) is 49.2 Å². The van der Waals surface area contributed by atoms with Crippen molar-refractivity contribution in [3.05, 3.63) is 106 Å². The van der Waals surface area contributed by atoms with E-state index in [-0.39, 0.29) is 11.9 Å². The lowest BCUT2D eigenvalue weighted by Gasteiger charge is -2.28. The zero-order valence-corrected chi connectivity index (χ0v) is 21.8. The minimum atomic E-state index is -4.28. The predicted octanol–water partition coefficient (Wildman–Crippen LogP) is 4.73. The van der Waals surface area contributed by atoms with Gasteiger partial charge in [-0.2, -0.15) is 0 Å². The monoisotopic (exact) mass is 515 g/mol. The quantitative estimate of drug-likeness (QED) is 0.241. The van der Waals surface area contributed by atoms with Crippen LogP contribution in [0, 0.1) is 13.8 Å². The van der Waals surface area contributed by atoms with Crippen molar-refractivity contribution in [1.82, 2.24) is 4.98 Å². The molecule has 4 N–H and O–H groups in total. The van der Waals surface area contributed by atoms with Crippen LogP contribution in [-0.4, -0.2) is 14.8 Å². The number of ether oxygens (including phenoxy) is 1. The number of nitrogens with zero attached hydrogens (tertiary/aromatic N) is 2. The first-order valence-electron chi connectivity index (χ1n) is 12.2. The Morgan fingerprint density at radius 2 is 1.81 bits per heavy atom. The Hall–Kier alpha value is -3.48. The highest BCUT2D eigenvalue weighted by atomic mass is 31.2. The van der Waals surface area contributed by atoms with Crippen LogP contribution >= 0.6 is 7.60 Å². The first-order valence-corrected chi connectivity index (χ1v) is 13.8. The molecule has 0 spiro atoms. The molecule has 0 amide bonds.